The average Bonchev–Trinajstić information content (AvgIpc) is 3.38. The molecule has 1 aliphatic rings. The number of thiocarbonyl (C=S) groups is 1. The van der Waals surface area contributed by atoms with Crippen molar-refractivity contribution in [2.24, 2.45) is 0 Å². The van der Waals surface area contributed by atoms with Crippen molar-refractivity contribution in [3.05, 3.63) is 113 Å². The molecule has 5 rings (SSSR count). The largest absolute Gasteiger partial charge is 0.351 e. The number of halogens is 1. The summed E-state index contributed by atoms with van der Waals surface area (Å²) >= 11 is 9.45. The van der Waals surface area contributed by atoms with Crippen LogP contribution in [0.4, 0.5) is 5.69 Å². The van der Waals surface area contributed by atoms with Gasteiger partial charge in [-0.2, -0.15) is 0 Å². The minimum Gasteiger partial charge on any atom is -0.351 e. The molecular weight excluding hydrogens is 468 g/mol. The first-order valence-electron chi connectivity index (χ1n) is 10.1. The van der Waals surface area contributed by atoms with Gasteiger partial charge >= 0.3 is 0 Å². The van der Waals surface area contributed by atoms with E-state index >= 15 is 0 Å². The first-order valence-corrected chi connectivity index (χ1v) is 11.3. The van der Waals surface area contributed by atoms with E-state index in [1.165, 1.54) is 5.56 Å². The van der Waals surface area contributed by atoms with E-state index in [0.717, 1.165) is 27.2 Å². The Morgan fingerprint density at radius 2 is 1.77 bits per heavy atom. The molecule has 0 spiro atoms. The van der Waals surface area contributed by atoms with Crippen LogP contribution in [0, 0.1) is 6.92 Å². The fraction of sp³-hybridized carbons (Fsp3) is 0.120. The molecule has 0 amide bonds. The zero-order valence-corrected chi connectivity index (χ0v) is 19.3. The van der Waals surface area contributed by atoms with Crippen molar-refractivity contribution in [1.82, 2.24) is 14.9 Å². The van der Waals surface area contributed by atoms with E-state index in [1.54, 1.807) is 0 Å². The molecule has 154 valence electrons. The van der Waals surface area contributed by atoms with Gasteiger partial charge in [-0.25, -0.2) is 0 Å². The van der Waals surface area contributed by atoms with Gasteiger partial charge in [-0.1, -0.05) is 40.2 Å². The van der Waals surface area contributed by atoms with E-state index in [0.29, 0.717) is 5.11 Å². The maximum Gasteiger partial charge on any atom is 0.174 e. The van der Waals surface area contributed by atoms with Crippen molar-refractivity contribution >= 4 is 38.9 Å². The summed E-state index contributed by atoms with van der Waals surface area (Å²) in [6.45, 7) is 2.10. The molecule has 0 saturated carbocycles. The Labute approximate surface area is 195 Å². The quantitative estimate of drug-likeness (QED) is 0.350. The summed E-state index contributed by atoms with van der Waals surface area (Å²) in [6, 6.07) is 26.9. The summed E-state index contributed by atoms with van der Waals surface area (Å²) in [7, 11) is 0. The molecule has 1 aliphatic heterocycles. The number of hydrogen-bond donors (Lipinski definition) is 1. The number of aromatic nitrogens is 2. The van der Waals surface area contributed by atoms with Gasteiger partial charge in [0, 0.05) is 33.9 Å². The number of rotatable bonds is 4. The second kappa shape index (κ2) is 8.29. The Morgan fingerprint density at radius 3 is 2.55 bits per heavy atom. The second-order valence-corrected chi connectivity index (χ2v) is 8.92. The number of nitrogens with zero attached hydrogens (tertiary/aromatic N) is 3. The predicted octanol–water partition coefficient (Wildman–Crippen LogP) is 6.12. The van der Waals surface area contributed by atoms with Crippen LogP contribution in [0.3, 0.4) is 0 Å². The zero-order chi connectivity index (χ0) is 21.4. The summed E-state index contributed by atoms with van der Waals surface area (Å²) in [5, 5.41) is 4.24. The van der Waals surface area contributed by atoms with Crippen LogP contribution in [0.5, 0.6) is 0 Å². The van der Waals surface area contributed by atoms with Gasteiger partial charge in [0.15, 0.2) is 5.11 Å². The summed E-state index contributed by atoms with van der Waals surface area (Å²) < 4.78 is 3.27. The first-order chi connectivity index (χ1) is 15.1. The Morgan fingerprint density at radius 1 is 0.935 bits per heavy atom. The molecule has 2 aromatic carbocycles. The maximum absolute atomic E-state index is 5.84. The molecule has 1 saturated heterocycles. The van der Waals surface area contributed by atoms with Crippen LogP contribution in [0.15, 0.2) is 95.7 Å². The van der Waals surface area contributed by atoms with Gasteiger partial charge < -0.3 is 14.8 Å². The third-order valence-corrected chi connectivity index (χ3v) is 6.36. The molecule has 0 bridgehead atoms. The highest BCUT2D eigenvalue weighted by Gasteiger charge is 2.42. The van der Waals surface area contributed by atoms with Crippen molar-refractivity contribution in [3.8, 4) is 5.69 Å². The number of aryl methyl sites for hydroxylation is 1. The minimum atomic E-state index is -0.0741. The van der Waals surface area contributed by atoms with Gasteiger partial charge in [-0.3, -0.25) is 4.98 Å². The smallest absolute Gasteiger partial charge is 0.174 e. The highest BCUT2D eigenvalue weighted by molar-refractivity contribution is 9.10. The van der Waals surface area contributed by atoms with E-state index in [9.17, 15) is 0 Å². The van der Waals surface area contributed by atoms with Gasteiger partial charge in [0.05, 0.1) is 11.7 Å². The van der Waals surface area contributed by atoms with Crippen molar-refractivity contribution in [2.75, 3.05) is 4.90 Å². The number of hydrogen-bond acceptors (Lipinski definition) is 2. The van der Waals surface area contributed by atoms with Crippen molar-refractivity contribution in [2.45, 2.75) is 19.0 Å². The van der Waals surface area contributed by atoms with E-state index < -0.39 is 0 Å². The molecule has 1 N–H and O–H groups in total. The van der Waals surface area contributed by atoms with Crippen LogP contribution in [-0.2, 0) is 0 Å². The molecule has 6 heteroatoms. The lowest BCUT2D eigenvalue weighted by Gasteiger charge is -2.29. The Kier molecular flexibility index (Phi) is 5.34. The lowest BCUT2D eigenvalue weighted by atomic mass is 10.0. The fourth-order valence-corrected chi connectivity index (χ4v) is 4.94. The maximum atomic E-state index is 5.84. The lowest BCUT2D eigenvalue weighted by molar-refractivity contribution is 0.549. The molecule has 0 unspecified atom stereocenters. The topological polar surface area (TPSA) is 33.1 Å². The Balaban J connectivity index is 1.68. The van der Waals surface area contributed by atoms with E-state index in [-0.39, 0.29) is 12.1 Å². The van der Waals surface area contributed by atoms with Crippen LogP contribution in [0.1, 0.15) is 29.0 Å². The number of pyridine rings is 1. The molecule has 31 heavy (non-hydrogen) atoms. The van der Waals surface area contributed by atoms with Crippen LogP contribution >= 0.6 is 28.1 Å². The lowest BCUT2D eigenvalue weighted by Crippen LogP contribution is -2.30. The average molecular weight is 489 g/mol. The van der Waals surface area contributed by atoms with Gasteiger partial charge in [-0.15, -0.1) is 0 Å². The number of benzene rings is 2. The third-order valence-electron chi connectivity index (χ3n) is 5.55. The highest BCUT2D eigenvalue weighted by Crippen LogP contribution is 2.42. The van der Waals surface area contributed by atoms with E-state index in [4.69, 9.17) is 12.2 Å². The molecule has 0 radical (unpaired) electrons. The summed E-state index contributed by atoms with van der Waals surface area (Å²) in [4.78, 5) is 6.87. The fourth-order valence-electron chi connectivity index (χ4n) is 4.21. The predicted molar refractivity (Wildman–Crippen MR) is 133 cm³/mol. The number of anilines is 1. The molecule has 2 atom stereocenters. The van der Waals surface area contributed by atoms with Crippen LogP contribution in [-0.4, -0.2) is 14.7 Å². The van der Waals surface area contributed by atoms with Gasteiger partial charge in [0.2, 0.25) is 0 Å². The molecule has 4 nitrogen and oxygen atoms in total. The molecule has 3 heterocycles. The summed E-state index contributed by atoms with van der Waals surface area (Å²) in [5.74, 6) is 0. The molecule has 2 aromatic heterocycles. The monoisotopic (exact) mass is 488 g/mol. The normalized spacial score (nSPS) is 18.3. The van der Waals surface area contributed by atoms with Crippen molar-refractivity contribution < 1.29 is 0 Å². The van der Waals surface area contributed by atoms with E-state index in [2.05, 4.69) is 109 Å². The summed E-state index contributed by atoms with van der Waals surface area (Å²) in [6.07, 6.45) is 3.93. The first kappa shape index (κ1) is 20.0. The van der Waals surface area contributed by atoms with Crippen LogP contribution in [0.2, 0.25) is 0 Å². The molecule has 1 fully saturated rings. The Hall–Kier alpha value is -2.96. The SMILES string of the molecule is Cc1cccc(N2C(=S)N[C@@H](c3ccccn3)[C@@H]2c2cccn2-c2cccc(Br)c2)c1. The van der Waals surface area contributed by atoms with Gasteiger partial charge in [-0.05, 0) is 79.3 Å². The Bertz CT molecular complexity index is 1240. The zero-order valence-electron chi connectivity index (χ0n) is 16.9. The van der Waals surface area contributed by atoms with Crippen molar-refractivity contribution in [3.63, 3.8) is 0 Å². The standard InChI is InChI=1S/C25H21BrN4S/c1-17-7-4-10-20(15-17)30-24(23(28-25(30)31)21-11-2-3-13-27-21)22-12-6-14-29(22)19-9-5-8-18(26)16-19/h2-16,23-24H,1H3,(H,28,31)/t23-,24-/m0/s1. The number of nitrogens with one attached hydrogen (secondary N) is 1. The summed E-state index contributed by atoms with van der Waals surface area (Å²) in [5.41, 5.74) is 5.47. The molecule has 4 aromatic rings. The van der Waals surface area contributed by atoms with Crippen molar-refractivity contribution in [1.29, 1.82) is 0 Å². The second-order valence-electron chi connectivity index (χ2n) is 7.62. The molecular formula is C25H21BrN4S. The third kappa shape index (κ3) is 3.77. The minimum absolute atomic E-state index is 0.0572. The van der Waals surface area contributed by atoms with Gasteiger partial charge in [0.25, 0.3) is 0 Å². The van der Waals surface area contributed by atoms with Crippen LogP contribution < -0.4 is 10.2 Å². The van der Waals surface area contributed by atoms with Gasteiger partial charge in [0.1, 0.15) is 6.04 Å². The highest BCUT2D eigenvalue weighted by atomic mass is 79.9. The van der Waals surface area contributed by atoms with E-state index in [1.807, 2.05) is 24.4 Å². The van der Waals surface area contributed by atoms with Crippen LogP contribution in [0.25, 0.3) is 5.69 Å². The molecule has 0 aliphatic carbocycles.